The first-order valence-corrected chi connectivity index (χ1v) is 5.28. The number of carbonyl (C=O) groups excluding carboxylic acids is 1. The Labute approximate surface area is 91.0 Å². The predicted octanol–water partition coefficient (Wildman–Crippen LogP) is 2.86. The molecule has 0 fully saturated rings. The van der Waals surface area contributed by atoms with Crippen molar-refractivity contribution < 1.29 is 4.79 Å². The molecule has 15 heavy (non-hydrogen) atoms. The Morgan fingerprint density at radius 1 is 1.40 bits per heavy atom. The first kappa shape index (κ1) is 11.5. The van der Waals surface area contributed by atoms with Gasteiger partial charge in [-0.1, -0.05) is 38.1 Å². The average molecular weight is 203 g/mol. The van der Waals surface area contributed by atoms with Gasteiger partial charge in [-0.15, -0.1) is 0 Å². The molecular weight excluding hydrogens is 186 g/mol. The minimum Gasteiger partial charge on any atom is -0.352 e. The standard InChI is InChI=1S/C13H17NO/c1-3-5-10-14-13(15)12-8-6-11(4-2)7-9-12/h4,6-9H,2-3,5,10H2,1H3,(H,14,15). The van der Waals surface area contributed by atoms with Crippen molar-refractivity contribution in [3.05, 3.63) is 42.0 Å². The van der Waals surface area contributed by atoms with Gasteiger partial charge in [0.1, 0.15) is 0 Å². The maximum absolute atomic E-state index is 11.6. The van der Waals surface area contributed by atoms with Crippen LogP contribution in [0.25, 0.3) is 6.08 Å². The Morgan fingerprint density at radius 2 is 2.07 bits per heavy atom. The summed E-state index contributed by atoms with van der Waals surface area (Å²) in [7, 11) is 0. The molecule has 1 aromatic rings. The van der Waals surface area contributed by atoms with Gasteiger partial charge in [-0.05, 0) is 24.1 Å². The van der Waals surface area contributed by atoms with Crippen LogP contribution in [0.5, 0.6) is 0 Å². The highest BCUT2D eigenvalue weighted by molar-refractivity contribution is 5.94. The molecule has 1 N–H and O–H groups in total. The van der Waals surface area contributed by atoms with Gasteiger partial charge in [0.2, 0.25) is 0 Å². The summed E-state index contributed by atoms with van der Waals surface area (Å²) in [6, 6.07) is 7.42. The predicted molar refractivity (Wildman–Crippen MR) is 63.8 cm³/mol. The molecule has 80 valence electrons. The summed E-state index contributed by atoms with van der Waals surface area (Å²) in [5.41, 5.74) is 1.73. The Balaban J connectivity index is 2.54. The van der Waals surface area contributed by atoms with E-state index in [0.717, 1.165) is 24.9 Å². The fourth-order valence-electron chi connectivity index (χ4n) is 1.25. The molecule has 0 heterocycles. The van der Waals surface area contributed by atoms with E-state index < -0.39 is 0 Å². The van der Waals surface area contributed by atoms with Crippen molar-refractivity contribution in [3.8, 4) is 0 Å². The van der Waals surface area contributed by atoms with Gasteiger partial charge in [0.05, 0.1) is 0 Å². The molecule has 0 aliphatic carbocycles. The first-order chi connectivity index (χ1) is 7.27. The zero-order valence-electron chi connectivity index (χ0n) is 9.12. The molecule has 0 spiro atoms. The second-order valence-electron chi connectivity index (χ2n) is 3.44. The summed E-state index contributed by atoms with van der Waals surface area (Å²) < 4.78 is 0. The zero-order valence-corrected chi connectivity index (χ0v) is 9.12. The minimum absolute atomic E-state index is 0.000868. The van der Waals surface area contributed by atoms with Crippen molar-refractivity contribution in [1.29, 1.82) is 0 Å². The van der Waals surface area contributed by atoms with Gasteiger partial charge in [-0.2, -0.15) is 0 Å². The molecule has 1 aromatic carbocycles. The molecule has 2 nitrogen and oxygen atoms in total. The molecule has 0 aliphatic rings. The maximum Gasteiger partial charge on any atom is 0.251 e. The monoisotopic (exact) mass is 203 g/mol. The third-order valence-electron chi connectivity index (χ3n) is 2.22. The van der Waals surface area contributed by atoms with Crippen LogP contribution in [0.2, 0.25) is 0 Å². The van der Waals surface area contributed by atoms with E-state index in [1.165, 1.54) is 0 Å². The Morgan fingerprint density at radius 3 is 2.60 bits per heavy atom. The second-order valence-corrected chi connectivity index (χ2v) is 3.44. The van der Waals surface area contributed by atoms with Crippen LogP contribution in [-0.4, -0.2) is 12.5 Å². The third kappa shape index (κ3) is 3.58. The van der Waals surface area contributed by atoms with Crippen molar-refractivity contribution in [2.24, 2.45) is 0 Å². The van der Waals surface area contributed by atoms with Crippen LogP contribution in [0.3, 0.4) is 0 Å². The van der Waals surface area contributed by atoms with Crippen LogP contribution in [0.1, 0.15) is 35.7 Å². The van der Waals surface area contributed by atoms with Gasteiger partial charge in [0.25, 0.3) is 5.91 Å². The van der Waals surface area contributed by atoms with Gasteiger partial charge in [-0.25, -0.2) is 0 Å². The number of unbranched alkanes of at least 4 members (excludes halogenated alkanes) is 1. The Bertz CT molecular complexity index is 327. The van der Waals surface area contributed by atoms with E-state index in [9.17, 15) is 4.79 Å². The number of hydrogen-bond acceptors (Lipinski definition) is 1. The van der Waals surface area contributed by atoms with E-state index in [-0.39, 0.29) is 5.91 Å². The van der Waals surface area contributed by atoms with Crippen LogP contribution in [0.15, 0.2) is 30.8 Å². The number of hydrogen-bond donors (Lipinski definition) is 1. The molecular formula is C13H17NO. The van der Waals surface area contributed by atoms with E-state index in [1.807, 2.05) is 24.3 Å². The summed E-state index contributed by atoms with van der Waals surface area (Å²) in [4.78, 5) is 11.6. The molecule has 0 aromatic heterocycles. The molecule has 0 bridgehead atoms. The molecule has 0 aliphatic heterocycles. The van der Waals surface area contributed by atoms with Crippen LogP contribution >= 0.6 is 0 Å². The number of amides is 1. The SMILES string of the molecule is C=Cc1ccc(C(=O)NCCCC)cc1. The lowest BCUT2D eigenvalue weighted by Crippen LogP contribution is -2.24. The maximum atomic E-state index is 11.6. The lowest BCUT2D eigenvalue weighted by atomic mass is 10.1. The highest BCUT2D eigenvalue weighted by Gasteiger charge is 2.02. The minimum atomic E-state index is -0.000868. The summed E-state index contributed by atoms with van der Waals surface area (Å²) >= 11 is 0. The van der Waals surface area contributed by atoms with E-state index in [1.54, 1.807) is 6.08 Å². The molecule has 0 atom stereocenters. The van der Waals surface area contributed by atoms with Crippen molar-refractivity contribution in [1.82, 2.24) is 5.32 Å². The molecule has 0 saturated heterocycles. The number of nitrogens with one attached hydrogen (secondary N) is 1. The lowest BCUT2D eigenvalue weighted by molar-refractivity contribution is 0.0953. The first-order valence-electron chi connectivity index (χ1n) is 5.28. The number of carbonyl (C=O) groups is 1. The fourth-order valence-corrected chi connectivity index (χ4v) is 1.25. The Kier molecular flexibility index (Phi) is 4.61. The van der Waals surface area contributed by atoms with Gasteiger partial charge in [-0.3, -0.25) is 4.79 Å². The molecule has 1 rings (SSSR count). The molecule has 0 unspecified atom stereocenters. The van der Waals surface area contributed by atoms with Crippen molar-refractivity contribution in [2.75, 3.05) is 6.54 Å². The van der Waals surface area contributed by atoms with Crippen LogP contribution in [-0.2, 0) is 0 Å². The molecule has 0 radical (unpaired) electrons. The van der Waals surface area contributed by atoms with Crippen molar-refractivity contribution >= 4 is 12.0 Å². The van der Waals surface area contributed by atoms with Gasteiger partial charge >= 0.3 is 0 Å². The molecule has 1 amide bonds. The molecule has 2 heteroatoms. The van der Waals surface area contributed by atoms with E-state index in [2.05, 4.69) is 18.8 Å². The topological polar surface area (TPSA) is 29.1 Å². The second kappa shape index (κ2) is 6.02. The highest BCUT2D eigenvalue weighted by Crippen LogP contribution is 2.05. The summed E-state index contributed by atoms with van der Waals surface area (Å²) in [6.45, 7) is 6.52. The highest BCUT2D eigenvalue weighted by atomic mass is 16.1. The fraction of sp³-hybridized carbons (Fsp3) is 0.308. The zero-order chi connectivity index (χ0) is 11.1. The smallest absolute Gasteiger partial charge is 0.251 e. The van der Waals surface area contributed by atoms with Gasteiger partial charge < -0.3 is 5.32 Å². The molecule has 0 saturated carbocycles. The summed E-state index contributed by atoms with van der Waals surface area (Å²) in [6.07, 6.45) is 3.88. The Hall–Kier alpha value is -1.57. The number of rotatable bonds is 5. The van der Waals surface area contributed by atoms with Crippen LogP contribution in [0, 0.1) is 0 Å². The largest absolute Gasteiger partial charge is 0.352 e. The van der Waals surface area contributed by atoms with Gasteiger partial charge in [0.15, 0.2) is 0 Å². The van der Waals surface area contributed by atoms with Crippen LogP contribution < -0.4 is 5.32 Å². The third-order valence-corrected chi connectivity index (χ3v) is 2.22. The quantitative estimate of drug-likeness (QED) is 0.732. The normalized spacial score (nSPS) is 9.67. The summed E-state index contributed by atoms with van der Waals surface area (Å²) in [5.74, 6) is -0.000868. The van der Waals surface area contributed by atoms with Gasteiger partial charge in [0, 0.05) is 12.1 Å². The van der Waals surface area contributed by atoms with E-state index in [0.29, 0.717) is 5.56 Å². The average Bonchev–Trinajstić information content (AvgIpc) is 2.29. The van der Waals surface area contributed by atoms with E-state index >= 15 is 0 Å². The summed E-state index contributed by atoms with van der Waals surface area (Å²) in [5, 5.41) is 2.87. The van der Waals surface area contributed by atoms with Crippen molar-refractivity contribution in [3.63, 3.8) is 0 Å². The lowest BCUT2D eigenvalue weighted by Gasteiger charge is -2.04. The van der Waals surface area contributed by atoms with E-state index in [4.69, 9.17) is 0 Å². The van der Waals surface area contributed by atoms with Crippen LogP contribution in [0.4, 0.5) is 0 Å². The number of benzene rings is 1. The van der Waals surface area contributed by atoms with Crippen molar-refractivity contribution in [2.45, 2.75) is 19.8 Å².